The van der Waals surface area contributed by atoms with Gasteiger partial charge in [0.05, 0.1) is 13.7 Å². The number of fused-ring (bicyclic) bond motifs is 1. The van der Waals surface area contributed by atoms with E-state index in [1.807, 2.05) is 12.1 Å². The zero-order valence-electron chi connectivity index (χ0n) is 14.5. The SMILES string of the molecule is CCOC(=O)c1cn2cccc(C(=O)OCc3ccc(OC)cc3)c2n1. The minimum Gasteiger partial charge on any atom is -0.497 e. The van der Waals surface area contributed by atoms with E-state index in [4.69, 9.17) is 14.2 Å². The van der Waals surface area contributed by atoms with E-state index in [-0.39, 0.29) is 24.5 Å². The minimum atomic E-state index is -0.534. The molecule has 1 aromatic carbocycles. The average molecular weight is 354 g/mol. The van der Waals surface area contributed by atoms with Gasteiger partial charge in [-0.15, -0.1) is 0 Å². The Morgan fingerprint density at radius 1 is 1.08 bits per heavy atom. The molecule has 26 heavy (non-hydrogen) atoms. The lowest BCUT2D eigenvalue weighted by Gasteiger charge is -2.06. The van der Waals surface area contributed by atoms with Crippen molar-refractivity contribution in [1.82, 2.24) is 9.38 Å². The maximum absolute atomic E-state index is 12.4. The van der Waals surface area contributed by atoms with E-state index in [9.17, 15) is 9.59 Å². The molecule has 3 aromatic rings. The number of aromatic nitrogens is 2. The molecule has 7 heteroatoms. The molecule has 0 spiro atoms. The topological polar surface area (TPSA) is 79.1 Å². The molecule has 0 fully saturated rings. The molecule has 0 unspecified atom stereocenters. The van der Waals surface area contributed by atoms with Crippen LogP contribution in [-0.2, 0) is 16.1 Å². The number of ether oxygens (including phenoxy) is 3. The predicted molar refractivity (Wildman–Crippen MR) is 93.3 cm³/mol. The summed E-state index contributed by atoms with van der Waals surface area (Å²) in [6.45, 7) is 2.09. The molecule has 7 nitrogen and oxygen atoms in total. The van der Waals surface area contributed by atoms with Gasteiger partial charge < -0.3 is 18.6 Å². The maximum Gasteiger partial charge on any atom is 0.358 e. The molecule has 2 aromatic heterocycles. The summed E-state index contributed by atoms with van der Waals surface area (Å²) in [4.78, 5) is 28.5. The number of carbonyl (C=O) groups excluding carboxylic acids is 2. The van der Waals surface area contributed by atoms with Crippen LogP contribution in [0.4, 0.5) is 0 Å². The quantitative estimate of drug-likeness (QED) is 0.633. The number of hydrogen-bond donors (Lipinski definition) is 0. The van der Waals surface area contributed by atoms with Gasteiger partial charge in [0.2, 0.25) is 0 Å². The van der Waals surface area contributed by atoms with Gasteiger partial charge in [-0.25, -0.2) is 14.6 Å². The minimum absolute atomic E-state index is 0.120. The Morgan fingerprint density at radius 2 is 1.85 bits per heavy atom. The first-order chi connectivity index (χ1) is 12.6. The molecular formula is C19H18N2O5. The van der Waals surface area contributed by atoms with Crippen molar-refractivity contribution in [3.05, 3.63) is 65.6 Å². The van der Waals surface area contributed by atoms with Crippen LogP contribution in [0.15, 0.2) is 48.8 Å². The first-order valence-corrected chi connectivity index (χ1v) is 8.07. The Labute approximate surface area is 150 Å². The van der Waals surface area contributed by atoms with E-state index >= 15 is 0 Å². The smallest absolute Gasteiger partial charge is 0.358 e. The van der Waals surface area contributed by atoms with Crippen LogP contribution < -0.4 is 4.74 Å². The van der Waals surface area contributed by atoms with Gasteiger partial charge in [0.1, 0.15) is 17.9 Å². The normalized spacial score (nSPS) is 10.5. The van der Waals surface area contributed by atoms with Crippen molar-refractivity contribution < 1.29 is 23.8 Å². The number of imidazole rings is 1. The molecule has 0 aliphatic rings. The second kappa shape index (κ2) is 7.69. The summed E-state index contributed by atoms with van der Waals surface area (Å²) in [5, 5.41) is 0. The zero-order chi connectivity index (χ0) is 18.5. The summed E-state index contributed by atoms with van der Waals surface area (Å²) in [7, 11) is 1.59. The molecule has 0 aliphatic carbocycles. The number of hydrogen-bond acceptors (Lipinski definition) is 6. The summed E-state index contributed by atoms with van der Waals surface area (Å²) in [6, 6.07) is 10.5. The van der Waals surface area contributed by atoms with Crippen LogP contribution in [0.25, 0.3) is 5.65 Å². The Balaban J connectivity index is 1.77. The van der Waals surface area contributed by atoms with E-state index in [0.29, 0.717) is 5.65 Å². The number of pyridine rings is 1. The van der Waals surface area contributed by atoms with E-state index in [1.54, 1.807) is 48.9 Å². The summed E-state index contributed by atoms with van der Waals surface area (Å²) in [6.07, 6.45) is 3.22. The molecule has 0 amide bonds. The predicted octanol–water partition coefficient (Wildman–Crippen LogP) is 2.88. The molecule has 2 heterocycles. The monoisotopic (exact) mass is 354 g/mol. The molecule has 0 bridgehead atoms. The first-order valence-electron chi connectivity index (χ1n) is 8.07. The maximum atomic E-state index is 12.4. The Kier molecular flexibility index (Phi) is 5.17. The third-order valence-corrected chi connectivity index (χ3v) is 3.72. The van der Waals surface area contributed by atoms with Crippen LogP contribution in [0.3, 0.4) is 0 Å². The number of benzene rings is 1. The second-order valence-corrected chi connectivity index (χ2v) is 5.42. The fourth-order valence-corrected chi connectivity index (χ4v) is 2.42. The molecule has 0 aliphatic heterocycles. The molecule has 0 atom stereocenters. The first kappa shape index (κ1) is 17.5. The lowest BCUT2D eigenvalue weighted by Crippen LogP contribution is -2.07. The Bertz CT molecular complexity index is 931. The largest absolute Gasteiger partial charge is 0.497 e. The number of esters is 2. The lowest BCUT2D eigenvalue weighted by atomic mass is 10.2. The summed E-state index contributed by atoms with van der Waals surface area (Å²) >= 11 is 0. The van der Waals surface area contributed by atoms with Gasteiger partial charge in [-0.2, -0.15) is 0 Å². The Hall–Kier alpha value is -3.35. The summed E-state index contributed by atoms with van der Waals surface area (Å²) in [5.41, 5.74) is 1.59. The highest BCUT2D eigenvalue weighted by molar-refractivity contribution is 5.97. The van der Waals surface area contributed by atoms with Gasteiger partial charge in [0.15, 0.2) is 11.3 Å². The van der Waals surface area contributed by atoms with Crippen LogP contribution in [0.2, 0.25) is 0 Å². The number of methoxy groups -OCH3 is 1. The molecule has 3 rings (SSSR count). The number of rotatable bonds is 6. The van der Waals surface area contributed by atoms with Crippen LogP contribution in [0.1, 0.15) is 33.3 Å². The summed E-state index contributed by atoms with van der Waals surface area (Å²) < 4.78 is 17.0. The van der Waals surface area contributed by atoms with E-state index < -0.39 is 11.9 Å². The molecule has 0 saturated carbocycles. The van der Waals surface area contributed by atoms with Gasteiger partial charge >= 0.3 is 11.9 Å². The van der Waals surface area contributed by atoms with Gasteiger partial charge in [0.25, 0.3) is 0 Å². The highest BCUT2D eigenvalue weighted by Crippen LogP contribution is 2.16. The van der Waals surface area contributed by atoms with Gasteiger partial charge in [-0.05, 0) is 36.8 Å². The highest BCUT2D eigenvalue weighted by Gasteiger charge is 2.18. The Morgan fingerprint density at radius 3 is 2.54 bits per heavy atom. The molecule has 134 valence electrons. The van der Waals surface area contributed by atoms with Crippen molar-refractivity contribution in [3.8, 4) is 5.75 Å². The summed E-state index contributed by atoms with van der Waals surface area (Å²) in [5.74, 6) is -0.324. The van der Waals surface area contributed by atoms with Crippen molar-refractivity contribution in [2.24, 2.45) is 0 Å². The fraction of sp³-hybridized carbons (Fsp3) is 0.211. The van der Waals surface area contributed by atoms with Crippen molar-refractivity contribution >= 4 is 17.6 Å². The van der Waals surface area contributed by atoms with E-state index in [1.165, 1.54) is 6.20 Å². The average Bonchev–Trinajstić information content (AvgIpc) is 3.11. The standard InChI is InChI=1S/C19H18N2O5/c1-3-25-19(23)16-11-21-10-4-5-15(17(21)20-16)18(22)26-12-13-6-8-14(24-2)9-7-13/h4-11H,3,12H2,1-2H3. The van der Waals surface area contributed by atoms with Gasteiger partial charge in [0, 0.05) is 12.4 Å². The third kappa shape index (κ3) is 3.66. The highest BCUT2D eigenvalue weighted by atomic mass is 16.5. The molecule has 0 N–H and O–H groups in total. The van der Waals surface area contributed by atoms with E-state index in [2.05, 4.69) is 4.98 Å². The van der Waals surface area contributed by atoms with Crippen LogP contribution in [-0.4, -0.2) is 35.0 Å². The van der Waals surface area contributed by atoms with Gasteiger partial charge in [-0.3, -0.25) is 0 Å². The van der Waals surface area contributed by atoms with Crippen molar-refractivity contribution in [2.75, 3.05) is 13.7 Å². The number of nitrogens with zero attached hydrogens (tertiary/aromatic N) is 2. The lowest BCUT2D eigenvalue weighted by molar-refractivity contribution is 0.0471. The second-order valence-electron chi connectivity index (χ2n) is 5.42. The van der Waals surface area contributed by atoms with Crippen LogP contribution >= 0.6 is 0 Å². The van der Waals surface area contributed by atoms with Crippen molar-refractivity contribution in [3.63, 3.8) is 0 Å². The third-order valence-electron chi connectivity index (χ3n) is 3.72. The van der Waals surface area contributed by atoms with Crippen molar-refractivity contribution in [1.29, 1.82) is 0 Å². The van der Waals surface area contributed by atoms with Crippen LogP contribution in [0.5, 0.6) is 5.75 Å². The zero-order valence-corrected chi connectivity index (χ0v) is 14.5. The molecule has 0 radical (unpaired) electrons. The van der Waals surface area contributed by atoms with E-state index in [0.717, 1.165) is 11.3 Å². The van der Waals surface area contributed by atoms with Gasteiger partial charge in [-0.1, -0.05) is 12.1 Å². The fourth-order valence-electron chi connectivity index (χ4n) is 2.42. The van der Waals surface area contributed by atoms with Crippen molar-refractivity contribution in [2.45, 2.75) is 13.5 Å². The number of carbonyl (C=O) groups is 2. The van der Waals surface area contributed by atoms with Crippen LogP contribution in [0, 0.1) is 0 Å². The molecular weight excluding hydrogens is 336 g/mol. The molecule has 0 saturated heterocycles.